The molecule has 2 rings (SSSR count). The lowest BCUT2D eigenvalue weighted by atomic mass is 10.4. The summed E-state index contributed by atoms with van der Waals surface area (Å²) >= 11 is 11.8. The highest BCUT2D eigenvalue weighted by molar-refractivity contribution is 7.91. The van der Waals surface area contributed by atoms with Crippen molar-refractivity contribution in [3.05, 3.63) is 58.6 Å². The topological polar surface area (TPSA) is 107 Å². The molecule has 0 heterocycles. The lowest BCUT2D eigenvalue weighted by Gasteiger charge is -2.10. The van der Waals surface area contributed by atoms with Crippen LogP contribution in [0.25, 0.3) is 0 Å². The van der Waals surface area contributed by atoms with Crippen LogP contribution >= 0.6 is 23.2 Å². The summed E-state index contributed by atoms with van der Waals surface area (Å²) in [4.78, 5) is 11.7. The van der Waals surface area contributed by atoms with E-state index in [1.54, 1.807) is 18.2 Å². The number of sulfonamides is 1. The first-order valence-corrected chi connectivity index (χ1v) is 12.4. The molecule has 0 saturated heterocycles. The molecule has 2 aromatic rings. The molecule has 1 N–H and O–H groups in total. The van der Waals surface area contributed by atoms with Crippen molar-refractivity contribution < 1.29 is 26.4 Å². The van der Waals surface area contributed by atoms with Gasteiger partial charge >= 0.3 is 5.97 Å². The van der Waals surface area contributed by atoms with Crippen molar-refractivity contribution in [1.82, 2.24) is 4.72 Å². The van der Waals surface area contributed by atoms with E-state index in [-0.39, 0.29) is 51.6 Å². The van der Waals surface area contributed by atoms with E-state index >= 15 is 0 Å². The van der Waals surface area contributed by atoms with Crippen LogP contribution in [-0.2, 0) is 29.4 Å². The minimum atomic E-state index is -3.99. The van der Waals surface area contributed by atoms with Gasteiger partial charge in [-0.05, 0) is 30.7 Å². The summed E-state index contributed by atoms with van der Waals surface area (Å²) in [5, 5.41) is -0.0700. The number of rotatable bonds is 10. The van der Waals surface area contributed by atoms with Crippen molar-refractivity contribution in [2.75, 3.05) is 18.9 Å². The Morgan fingerprint density at radius 1 is 0.931 bits per heavy atom. The predicted octanol–water partition coefficient (Wildman–Crippen LogP) is 3.07. The average Bonchev–Trinajstić information content (AvgIpc) is 2.65. The van der Waals surface area contributed by atoms with Gasteiger partial charge in [0.15, 0.2) is 9.84 Å². The van der Waals surface area contributed by atoms with Crippen molar-refractivity contribution in [1.29, 1.82) is 0 Å². The van der Waals surface area contributed by atoms with Crippen LogP contribution in [0.2, 0.25) is 10.0 Å². The van der Waals surface area contributed by atoms with Crippen molar-refractivity contribution in [2.24, 2.45) is 0 Å². The lowest BCUT2D eigenvalue weighted by molar-refractivity contribution is -0.143. The number of carbonyl (C=O) groups is 1. The fraction of sp³-hybridized carbons (Fsp3) is 0.278. The molecule has 0 saturated carbocycles. The van der Waals surface area contributed by atoms with E-state index in [0.717, 1.165) is 0 Å². The maximum atomic E-state index is 12.3. The van der Waals surface area contributed by atoms with Gasteiger partial charge < -0.3 is 4.74 Å². The summed E-state index contributed by atoms with van der Waals surface area (Å²) in [5.74, 6) is -0.822. The molecule has 0 aliphatic rings. The third-order valence-corrected chi connectivity index (χ3v) is 7.96. The molecule has 0 radical (unpaired) electrons. The Morgan fingerprint density at radius 2 is 1.55 bits per heavy atom. The van der Waals surface area contributed by atoms with E-state index in [1.807, 2.05) is 0 Å². The van der Waals surface area contributed by atoms with Crippen LogP contribution in [0.3, 0.4) is 0 Å². The van der Waals surface area contributed by atoms with E-state index in [4.69, 9.17) is 27.9 Å². The summed E-state index contributed by atoms with van der Waals surface area (Å²) < 4.78 is 55.9. The van der Waals surface area contributed by atoms with Gasteiger partial charge in [0, 0.05) is 6.54 Å². The zero-order chi connectivity index (χ0) is 21.5. The van der Waals surface area contributed by atoms with Gasteiger partial charge in [0.25, 0.3) is 0 Å². The largest absolute Gasteiger partial charge is 0.466 e. The zero-order valence-corrected chi connectivity index (χ0v) is 18.3. The number of carbonyl (C=O) groups excluding carboxylic acids is 1. The third-order valence-electron chi connectivity index (χ3n) is 3.73. The minimum absolute atomic E-state index is 0.0350. The molecular formula is C18H19Cl2NO6S2. The summed E-state index contributed by atoms with van der Waals surface area (Å²) in [5.41, 5.74) is 0. The molecule has 29 heavy (non-hydrogen) atoms. The fourth-order valence-corrected chi connectivity index (χ4v) is 5.83. The Morgan fingerprint density at radius 3 is 2.17 bits per heavy atom. The predicted molar refractivity (Wildman–Crippen MR) is 110 cm³/mol. The Hall–Kier alpha value is -1.65. The standard InChI is InChI=1S/C18H19Cl2NO6S2/c19-15-8-4-9-16(20)18(15)29(25,26)21-11-10-17(22)27-12-5-13-28(23,24)14-6-2-1-3-7-14/h1-4,6-9,21H,5,10-13H2. The molecule has 0 bridgehead atoms. The molecule has 158 valence electrons. The first kappa shape index (κ1) is 23.6. The van der Waals surface area contributed by atoms with Gasteiger partial charge in [-0.15, -0.1) is 0 Å². The maximum absolute atomic E-state index is 12.3. The summed E-state index contributed by atoms with van der Waals surface area (Å²) in [6.07, 6.45) is -0.101. The van der Waals surface area contributed by atoms with Crippen molar-refractivity contribution in [3.8, 4) is 0 Å². The van der Waals surface area contributed by atoms with Gasteiger partial charge in [0.05, 0.1) is 33.7 Å². The molecule has 7 nitrogen and oxygen atoms in total. The first-order valence-electron chi connectivity index (χ1n) is 8.50. The van der Waals surface area contributed by atoms with Gasteiger partial charge in [0.1, 0.15) is 4.90 Å². The van der Waals surface area contributed by atoms with E-state index in [9.17, 15) is 21.6 Å². The quantitative estimate of drug-likeness (QED) is 0.414. The van der Waals surface area contributed by atoms with Crippen LogP contribution in [0, 0.1) is 0 Å². The molecule has 0 atom stereocenters. The summed E-state index contributed by atoms with van der Waals surface area (Å²) in [6.45, 7) is -0.307. The SMILES string of the molecule is O=C(CCNS(=O)(=O)c1c(Cl)cccc1Cl)OCCCS(=O)(=O)c1ccccc1. The first-order chi connectivity index (χ1) is 13.6. The number of hydrogen-bond donors (Lipinski definition) is 1. The minimum Gasteiger partial charge on any atom is -0.466 e. The van der Waals surface area contributed by atoms with Crippen LogP contribution in [0.1, 0.15) is 12.8 Å². The molecule has 2 aromatic carbocycles. The summed E-state index contributed by atoms with van der Waals surface area (Å²) in [6, 6.07) is 12.3. The molecule has 0 aliphatic carbocycles. The van der Waals surface area contributed by atoms with E-state index < -0.39 is 25.8 Å². The fourth-order valence-electron chi connectivity index (χ4n) is 2.35. The van der Waals surface area contributed by atoms with Gasteiger partial charge in [-0.25, -0.2) is 21.6 Å². The Labute approximate surface area is 179 Å². The third kappa shape index (κ3) is 6.97. The lowest BCUT2D eigenvalue weighted by Crippen LogP contribution is -2.27. The molecule has 0 spiro atoms. The Kier molecular flexibility index (Phi) is 8.47. The number of halogens is 2. The zero-order valence-electron chi connectivity index (χ0n) is 15.2. The molecule has 0 aliphatic heterocycles. The number of ether oxygens (including phenoxy) is 1. The van der Waals surface area contributed by atoms with Crippen molar-refractivity contribution in [2.45, 2.75) is 22.6 Å². The monoisotopic (exact) mass is 479 g/mol. The number of esters is 1. The van der Waals surface area contributed by atoms with E-state index in [1.165, 1.54) is 30.3 Å². The summed E-state index contributed by atoms with van der Waals surface area (Å²) in [7, 11) is -7.43. The highest BCUT2D eigenvalue weighted by Crippen LogP contribution is 2.28. The Balaban J connectivity index is 1.75. The number of nitrogens with one attached hydrogen (secondary N) is 1. The smallest absolute Gasteiger partial charge is 0.307 e. The molecule has 11 heteroatoms. The molecule has 0 aromatic heterocycles. The van der Waals surface area contributed by atoms with Crippen LogP contribution in [0.4, 0.5) is 0 Å². The van der Waals surface area contributed by atoms with Gasteiger partial charge in [-0.1, -0.05) is 47.5 Å². The maximum Gasteiger partial charge on any atom is 0.307 e. The average molecular weight is 480 g/mol. The van der Waals surface area contributed by atoms with Gasteiger partial charge in [-0.3, -0.25) is 4.79 Å². The van der Waals surface area contributed by atoms with E-state index in [0.29, 0.717) is 0 Å². The van der Waals surface area contributed by atoms with Gasteiger partial charge in [-0.2, -0.15) is 0 Å². The van der Waals surface area contributed by atoms with Gasteiger partial charge in [0.2, 0.25) is 10.0 Å². The van der Waals surface area contributed by atoms with Crippen LogP contribution < -0.4 is 4.72 Å². The second kappa shape index (κ2) is 10.4. The molecule has 0 unspecified atom stereocenters. The molecular weight excluding hydrogens is 461 g/mol. The normalized spacial score (nSPS) is 11.9. The Bertz CT molecular complexity index is 1040. The van der Waals surface area contributed by atoms with E-state index in [2.05, 4.69) is 4.72 Å². The number of benzene rings is 2. The highest BCUT2D eigenvalue weighted by atomic mass is 35.5. The van der Waals surface area contributed by atoms with Crippen molar-refractivity contribution >= 4 is 49.0 Å². The van der Waals surface area contributed by atoms with Crippen LogP contribution in [0.15, 0.2) is 58.3 Å². The second-order valence-electron chi connectivity index (χ2n) is 5.90. The number of sulfone groups is 1. The molecule has 0 amide bonds. The number of hydrogen-bond acceptors (Lipinski definition) is 6. The highest BCUT2D eigenvalue weighted by Gasteiger charge is 2.21. The van der Waals surface area contributed by atoms with Crippen LogP contribution in [0.5, 0.6) is 0 Å². The van der Waals surface area contributed by atoms with Crippen LogP contribution in [-0.4, -0.2) is 41.7 Å². The second-order valence-corrected chi connectivity index (χ2v) is 10.5. The molecule has 0 fully saturated rings. The van der Waals surface area contributed by atoms with Crippen molar-refractivity contribution in [3.63, 3.8) is 0 Å².